The lowest BCUT2D eigenvalue weighted by Crippen LogP contribution is -2.40. The minimum Gasteiger partial charge on any atom is -0.495 e. The van der Waals surface area contributed by atoms with Crippen molar-refractivity contribution in [1.29, 1.82) is 0 Å². The molecule has 9 nitrogen and oxygen atoms in total. The van der Waals surface area contributed by atoms with Crippen LogP contribution in [-0.4, -0.2) is 47.3 Å². The Labute approximate surface area is 210 Å². The van der Waals surface area contributed by atoms with Crippen molar-refractivity contribution in [2.45, 2.75) is 32.3 Å². The van der Waals surface area contributed by atoms with Gasteiger partial charge in [-0.3, -0.25) is 5.32 Å². The summed E-state index contributed by atoms with van der Waals surface area (Å²) >= 11 is 0. The van der Waals surface area contributed by atoms with Crippen molar-refractivity contribution in [2.75, 3.05) is 36.1 Å². The largest absolute Gasteiger partial charge is 0.495 e. The minimum atomic E-state index is -0.344. The van der Waals surface area contributed by atoms with E-state index in [2.05, 4.69) is 20.9 Å². The molecule has 0 radical (unpaired) electrons. The van der Waals surface area contributed by atoms with Crippen LogP contribution in [-0.2, 0) is 6.61 Å². The first-order chi connectivity index (χ1) is 17.5. The second-order valence-electron chi connectivity index (χ2n) is 8.77. The number of aromatic nitrogens is 1. The number of carbonyl (C=O) groups excluding carboxylic acids is 2. The summed E-state index contributed by atoms with van der Waals surface area (Å²) in [4.78, 5) is 31.1. The first kappa shape index (κ1) is 25.0. The molecule has 0 unspecified atom stereocenters. The summed E-state index contributed by atoms with van der Waals surface area (Å²) in [7, 11) is 1.57. The van der Waals surface area contributed by atoms with Crippen molar-refractivity contribution in [3.63, 3.8) is 0 Å². The maximum absolute atomic E-state index is 12.7. The number of methoxy groups -OCH3 is 1. The van der Waals surface area contributed by atoms with Crippen molar-refractivity contribution >= 4 is 29.3 Å². The first-order valence-corrected chi connectivity index (χ1v) is 11.9. The Kier molecular flexibility index (Phi) is 8.02. The predicted octanol–water partition coefficient (Wildman–Crippen LogP) is 4.95. The molecule has 0 aliphatic carbocycles. The minimum absolute atomic E-state index is 0.182. The van der Waals surface area contributed by atoms with E-state index >= 15 is 0 Å². The summed E-state index contributed by atoms with van der Waals surface area (Å²) in [5, 5.41) is 17.9. The molecule has 1 aliphatic rings. The van der Waals surface area contributed by atoms with Gasteiger partial charge >= 0.3 is 12.1 Å². The Morgan fingerprint density at radius 2 is 1.81 bits per heavy atom. The number of amides is 4. The number of aryl methyl sites for hydroxylation is 1. The van der Waals surface area contributed by atoms with E-state index in [1.54, 1.807) is 30.3 Å². The van der Waals surface area contributed by atoms with Gasteiger partial charge in [-0.05, 0) is 67.1 Å². The number of likely N-dealkylation sites (tertiary alicyclic amines) is 1. The molecule has 4 N–H and O–H groups in total. The van der Waals surface area contributed by atoms with Crippen molar-refractivity contribution in [2.24, 2.45) is 0 Å². The number of nitrogens with zero attached hydrogens (tertiary/aromatic N) is 2. The molecule has 36 heavy (non-hydrogen) atoms. The molecule has 1 saturated heterocycles. The molecule has 4 amide bonds. The number of pyridine rings is 1. The van der Waals surface area contributed by atoms with Gasteiger partial charge in [0.05, 0.1) is 19.4 Å². The number of carbonyl (C=O) groups is 2. The fraction of sp³-hybridized carbons (Fsp3) is 0.296. The van der Waals surface area contributed by atoms with Crippen LogP contribution in [0.25, 0.3) is 0 Å². The van der Waals surface area contributed by atoms with Crippen molar-refractivity contribution in [3.8, 4) is 5.75 Å². The third kappa shape index (κ3) is 6.11. The van der Waals surface area contributed by atoms with Crippen molar-refractivity contribution in [3.05, 3.63) is 77.5 Å². The van der Waals surface area contributed by atoms with Crippen LogP contribution in [0.1, 0.15) is 35.4 Å². The third-order valence-electron chi connectivity index (χ3n) is 6.31. The third-order valence-corrected chi connectivity index (χ3v) is 6.31. The number of urea groups is 2. The van der Waals surface area contributed by atoms with Gasteiger partial charge in [0, 0.05) is 30.5 Å². The monoisotopic (exact) mass is 489 g/mol. The second-order valence-corrected chi connectivity index (χ2v) is 8.77. The number of aliphatic hydroxyl groups is 1. The first-order valence-electron chi connectivity index (χ1n) is 11.9. The Morgan fingerprint density at radius 3 is 2.50 bits per heavy atom. The van der Waals surface area contributed by atoms with E-state index in [-0.39, 0.29) is 18.7 Å². The lowest BCUT2D eigenvalue weighted by atomic mass is 9.89. The fourth-order valence-electron chi connectivity index (χ4n) is 4.32. The Hall–Kier alpha value is -4.11. The molecular formula is C27H31N5O4. The fourth-order valence-corrected chi connectivity index (χ4v) is 4.32. The summed E-state index contributed by atoms with van der Waals surface area (Å²) in [6.45, 7) is 3.01. The number of benzene rings is 2. The second kappa shape index (κ2) is 11.5. The lowest BCUT2D eigenvalue weighted by Gasteiger charge is -2.32. The van der Waals surface area contributed by atoms with Gasteiger partial charge < -0.3 is 25.4 Å². The number of nitrogens with one attached hydrogen (secondary N) is 3. The Balaban J connectivity index is 1.29. The van der Waals surface area contributed by atoms with Gasteiger partial charge in [-0.1, -0.05) is 24.3 Å². The summed E-state index contributed by atoms with van der Waals surface area (Å²) < 4.78 is 5.31. The van der Waals surface area contributed by atoms with Crippen LogP contribution >= 0.6 is 0 Å². The van der Waals surface area contributed by atoms with Crippen LogP contribution in [0.4, 0.5) is 26.8 Å². The van der Waals surface area contributed by atoms with E-state index < -0.39 is 0 Å². The highest BCUT2D eigenvalue weighted by molar-refractivity contribution is 6.00. The standard InChI is InChI=1S/C27H31N5O4/c1-18-5-10-24(36-2)23(16-18)30-26(34)29-22-8-6-19(7-9-22)20-11-14-32(15-12-20)27(35)31-25-21(17-33)4-3-13-28-25/h3-10,13,16,20,33H,11-12,14-15,17H2,1-2H3,(H,28,31,35)(H2,29,30,34). The number of piperidine rings is 1. The molecule has 0 spiro atoms. The maximum atomic E-state index is 12.7. The summed E-state index contributed by atoms with van der Waals surface area (Å²) in [6.07, 6.45) is 3.26. The van der Waals surface area contributed by atoms with E-state index in [9.17, 15) is 14.7 Å². The van der Waals surface area contributed by atoms with E-state index in [4.69, 9.17) is 4.74 Å². The molecule has 2 aromatic carbocycles. The van der Waals surface area contributed by atoms with Crippen molar-refractivity contribution in [1.82, 2.24) is 9.88 Å². The Bertz CT molecular complexity index is 1210. The number of ether oxygens (including phenoxy) is 1. The van der Waals surface area contributed by atoms with Crippen LogP contribution in [0, 0.1) is 6.92 Å². The van der Waals surface area contributed by atoms with Gasteiger partial charge in [-0.25, -0.2) is 14.6 Å². The van der Waals surface area contributed by atoms with E-state index in [0.29, 0.717) is 47.5 Å². The normalized spacial score (nSPS) is 13.7. The van der Waals surface area contributed by atoms with Gasteiger partial charge in [0.25, 0.3) is 0 Å². The smallest absolute Gasteiger partial charge is 0.323 e. The Morgan fingerprint density at radius 1 is 1.06 bits per heavy atom. The molecular weight excluding hydrogens is 458 g/mol. The predicted molar refractivity (Wildman–Crippen MR) is 140 cm³/mol. The zero-order valence-electron chi connectivity index (χ0n) is 20.5. The molecule has 3 aromatic rings. The van der Waals surface area contributed by atoms with Crippen LogP contribution < -0.4 is 20.7 Å². The van der Waals surface area contributed by atoms with Crippen molar-refractivity contribution < 1.29 is 19.4 Å². The number of aliphatic hydroxyl groups excluding tert-OH is 1. The highest BCUT2D eigenvalue weighted by Gasteiger charge is 2.24. The van der Waals surface area contributed by atoms with Crippen LogP contribution in [0.3, 0.4) is 0 Å². The highest BCUT2D eigenvalue weighted by Crippen LogP contribution is 2.30. The summed E-state index contributed by atoms with van der Waals surface area (Å²) in [6, 6.07) is 16.3. The van der Waals surface area contributed by atoms with E-state index in [1.165, 1.54) is 5.56 Å². The molecule has 0 atom stereocenters. The zero-order valence-corrected chi connectivity index (χ0v) is 20.5. The molecule has 0 bridgehead atoms. The van der Waals surface area contributed by atoms with Gasteiger partial charge in [0.2, 0.25) is 0 Å². The van der Waals surface area contributed by atoms with Crippen LogP contribution in [0.15, 0.2) is 60.8 Å². The average molecular weight is 490 g/mol. The molecule has 4 rings (SSSR count). The van der Waals surface area contributed by atoms with E-state index in [1.807, 2.05) is 49.4 Å². The van der Waals surface area contributed by atoms with Gasteiger partial charge in [0.15, 0.2) is 0 Å². The number of hydrogen-bond donors (Lipinski definition) is 4. The van der Waals surface area contributed by atoms with Gasteiger partial charge in [-0.2, -0.15) is 0 Å². The van der Waals surface area contributed by atoms with Crippen LogP contribution in [0.2, 0.25) is 0 Å². The lowest BCUT2D eigenvalue weighted by molar-refractivity contribution is 0.194. The summed E-state index contributed by atoms with van der Waals surface area (Å²) in [5.41, 5.74) is 4.08. The SMILES string of the molecule is COc1ccc(C)cc1NC(=O)Nc1ccc(C2CCN(C(=O)Nc3ncccc3CO)CC2)cc1. The summed E-state index contributed by atoms with van der Waals surface area (Å²) in [5.74, 6) is 1.32. The average Bonchev–Trinajstić information content (AvgIpc) is 2.89. The van der Waals surface area contributed by atoms with E-state index in [0.717, 1.165) is 18.4 Å². The zero-order chi connectivity index (χ0) is 25.5. The van der Waals surface area contributed by atoms with Gasteiger partial charge in [0.1, 0.15) is 11.6 Å². The molecule has 1 aliphatic heterocycles. The number of hydrogen-bond acceptors (Lipinski definition) is 5. The molecule has 188 valence electrons. The molecule has 1 aromatic heterocycles. The number of anilines is 3. The quantitative estimate of drug-likeness (QED) is 0.391. The molecule has 2 heterocycles. The topological polar surface area (TPSA) is 116 Å². The highest BCUT2D eigenvalue weighted by atomic mass is 16.5. The van der Waals surface area contributed by atoms with Crippen LogP contribution in [0.5, 0.6) is 5.75 Å². The van der Waals surface area contributed by atoms with Gasteiger partial charge in [-0.15, -0.1) is 0 Å². The molecule has 1 fully saturated rings. The number of rotatable bonds is 6. The maximum Gasteiger partial charge on any atom is 0.323 e. The molecule has 9 heteroatoms. The molecule has 0 saturated carbocycles.